The molecule has 1 amide bonds. The van der Waals surface area contributed by atoms with Crippen LogP contribution in [0, 0.1) is 0 Å². The Morgan fingerprint density at radius 2 is 2.33 bits per heavy atom. The van der Waals surface area contributed by atoms with Gasteiger partial charge in [0.05, 0.1) is 18.2 Å². The van der Waals surface area contributed by atoms with E-state index >= 15 is 0 Å². The minimum atomic E-state index is -0.0784. The van der Waals surface area contributed by atoms with Crippen LogP contribution in [-0.2, 0) is 11.2 Å². The molecule has 0 saturated heterocycles. The van der Waals surface area contributed by atoms with Gasteiger partial charge in [0, 0.05) is 18.5 Å². The third kappa shape index (κ3) is 5.57. The van der Waals surface area contributed by atoms with Crippen molar-refractivity contribution in [1.82, 2.24) is 10.3 Å². The van der Waals surface area contributed by atoms with Crippen molar-refractivity contribution < 1.29 is 9.90 Å². The third-order valence-electron chi connectivity index (χ3n) is 2.46. The molecule has 1 aromatic heterocycles. The summed E-state index contributed by atoms with van der Waals surface area (Å²) in [6.45, 7) is 2.75. The van der Waals surface area contributed by atoms with Crippen LogP contribution in [-0.4, -0.2) is 29.1 Å². The van der Waals surface area contributed by atoms with Gasteiger partial charge in [-0.2, -0.15) is 0 Å². The van der Waals surface area contributed by atoms with Crippen LogP contribution in [0.4, 0.5) is 0 Å². The van der Waals surface area contributed by atoms with E-state index in [1.807, 2.05) is 12.3 Å². The second kappa shape index (κ2) is 8.18. The maximum atomic E-state index is 11.6. The van der Waals surface area contributed by atoms with Crippen molar-refractivity contribution in [3.63, 3.8) is 0 Å². The lowest BCUT2D eigenvalue weighted by Crippen LogP contribution is -2.26. The van der Waals surface area contributed by atoms with E-state index in [2.05, 4.69) is 10.3 Å². The van der Waals surface area contributed by atoms with Crippen LogP contribution >= 0.6 is 11.3 Å². The van der Waals surface area contributed by atoms with E-state index in [0.717, 1.165) is 30.0 Å². The number of rotatable bonds is 8. The average molecular weight is 271 g/mol. The predicted molar refractivity (Wildman–Crippen MR) is 72.4 cm³/mol. The first-order chi connectivity index (χ1) is 8.63. The average Bonchev–Trinajstić information content (AvgIpc) is 2.77. The fraction of sp³-hybridized carbons (Fsp3) is 0.667. The van der Waals surface area contributed by atoms with Gasteiger partial charge in [0.25, 0.3) is 0 Å². The van der Waals surface area contributed by atoms with Crippen LogP contribution in [0.1, 0.15) is 42.9 Å². The molecular weight excluding hydrogens is 250 g/mol. The van der Waals surface area contributed by atoms with Crippen molar-refractivity contribution in [3.8, 4) is 0 Å². The quantitative estimate of drug-likeness (QED) is 0.615. The molecule has 0 radical (unpaired) electrons. The molecule has 1 atom stereocenters. The highest BCUT2D eigenvalue weighted by Gasteiger charge is 2.09. The van der Waals surface area contributed by atoms with E-state index in [-0.39, 0.29) is 18.6 Å². The molecule has 0 aliphatic heterocycles. The molecule has 0 aliphatic rings. The lowest BCUT2D eigenvalue weighted by Gasteiger charge is -2.03. The Morgan fingerprint density at radius 1 is 1.56 bits per heavy atom. The summed E-state index contributed by atoms with van der Waals surface area (Å²) in [6, 6.07) is -0.0784. The Labute approximate surface area is 111 Å². The first-order valence-corrected chi connectivity index (χ1v) is 7.09. The molecule has 6 heteroatoms. The lowest BCUT2D eigenvalue weighted by atomic mass is 10.2. The SMILES string of the molecule is CC(N)c1nc(CC(=O)NCCCCCO)cs1. The Morgan fingerprint density at radius 3 is 2.94 bits per heavy atom. The van der Waals surface area contributed by atoms with Crippen molar-refractivity contribution in [2.45, 2.75) is 38.6 Å². The first-order valence-electron chi connectivity index (χ1n) is 6.21. The van der Waals surface area contributed by atoms with E-state index in [1.54, 1.807) is 0 Å². The number of aromatic nitrogens is 1. The van der Waals surface area contributed by atoms with Crippen LogP contribution in [0.5, 0.6) is 0 Å². The molecule has 5 nitrogen and oxygen atoms in total. The van der Waals surface area contributed by atoms with E-state index in [9.17, 15) is 4.79 Å². The van der Waals surface area contributed by atoms with E-state index < -0.39 is 0 Å². The van der Waals surface area contributed by atoms with Crippen LogP contribution in [0.25, 0.3) is 0 Å². The van der Waals surface area contributed by atoms with Gasteiger partial charge in [0.15, 0.2) is 0 Å². The standard InChI is InChI=1S/C12H21N3O2S/c1-9(13)12-15-10(8-18-12)7-11(17)14-5-3-2-4-6-16/h8-9,16H,2-7,13H2,1H3,(H,14,17). The summed E-state index contributed by atoms with van der Waals surface area (Å²) in [5.74, 6) is -0.0134. The van der Waals surface area contributed by atoms with Gasteiger partial charge in [-0.1, -0.05) is 0 Å². The van der Waals surface area contributed by atoms with E-state index in [4.69, 9.17) is 10.8 Å². The Kier molecular flexibility index (Phi) is 6.85. The summed E-state index contributed by atoms with van der Waals surface area (Å²) < 4.78 is 0. The normalized spacial score (nSPS) is 12.4. The molecule has 0 bridgehead atoms. The fourth-order valence-corrected chi connectivity index (χ4v) is 2.26. The highest BCUT2D eigenvalue weighted by molar-refractivity contribution is 7.09. The molecule has 1 unspecified atom stereocenters. The van der Waals surface area contributed by atoms with Gasteiger partial charge in [0.2, 0.25) is 5.91 Å². The number of nitrogens with one attached hydrogen (secondary N) is 1. The molecule has 1 heterocycles. The van der Waals surface area contributed by atoms with Gasteiger partial charge >= 0.3 is 0 Å². The van der Waals surface area contributed by atoms with Crippen LogP contribution in [0.2, 0.25) is 0 Å². The van der Waals surface area contributed by atoms with E-state index in [0.29, 0.717) is 13.0 Å². The number of hydrogen-bond acceptors (Lipinski definition) is 5. The third-order valence-corrected chi connectivity index (χ3v) is 3.55. The largest absolute Gasteiger partial charge is 0.396 e. The number of nitrogens with zero attached hydrogens (tertiary/aromatic N) is 1. The highest BCUT2D eigenvalue weighted by atomic mass is 32.1. The zero-order chi connectivity index (χ0) is 13.4. The summed E-state index contributed by atoms with van der Waals surface area (Å²) in [5.41, 5.74) is 6.49. The number of thiazole rings is 1. The molecule has 18 heavy (non-hydrogen) atoms. The van der Waals surface area contributed by atoms with Gasteiger partial charge < -0.3 is 16.2 Å². The van der Waals surface area contributed by atoms with Crippen molar-refractivity contribution in [3.05, 3.63) is 16.1 Å². The Balaban J connectivity index is 2.22. The molecule has 0 fully saturated rings. The number of carbonyl (C=O) groups is 1. The van der Waals surface area contributed by atoms with Crippen LogP contribution < -0.4 is 11.1 Å². The summed E-state index contributed by atoms with van der Waals surface area (Å²) in [6.07, 6.45) is 2.93. The Bertz CT molecular complexity index is 366. The number of nitrogens with two attached hydrogens (primary N) is 1. The monoisotopic (exact) mass is 271 g/mol. The van der Waals surface area contributed by atoms with Gasteiger partial charge in [-0.15, -0.1) is 11.3 Å². The molecule has 0 aliphatic carbocycles. The molecule has 1 rings (SSSR count). The van der Waals surface area contributed by atoms with Crippen molar-refractivity contribution in [2.24, 2.45) is 5.73 Å². The van der Waals surface area contributed by atoms with Gasteiger partial charge in [0.1, 0.15) is 5.01 Å². The zero-order valence-electron chi connectivity index (χ0n) is 10.7. The summed E-state index contributed by atoms with van der Waals surface area (Å²) in [7, 11) is 0. The summed E-state index contributed by atoms with van der Waals surface area (Å²) in [4.78, 5) is 15.9. The second-order valence-electron chi connectivity index (χ2n) is 4.28. The minimum Gasteiger partial charge on any atom is -0.396 e. The second-order valence-corrected chi connectivity index (χ2v) is 5.17. The maximum Gasteiger partial charge on any atom is 0.226 e. The number of carbonyl (C=O) groups excluding carboxylic acids is 1. The van der Waals surface area contributed by atoms with Crippen molar-refractivity contribution in [1.29, 1.82) is 0 Å². The highest BCUT2D eigenvalue weighted by Crippen LogP contribution is 2.15. The minimum absolute atomic E-state index is 0.0134. The fourth-order valence-electron chi connectivity index (χ4n) is 1.48. The molecule has 0 saturated carbocycles. The smallest absolute Gasteiger partial charge is 0.226 e. The predicted octanol–water partition coefficient (Wildman–Crippen LogP) is 0.984. The number of aliphatic hydroxyl groups excluding tert-OH is 1. The molecule has 102 valence electrons. The topological polar surface area (TPSA) is 88.2 Å². The number of hydrogen-bond donors (Lipinski definition) is 3. The maximum absolute atomic E-state index is 11.6. The summed E-state index contributed by atoms with van der Waals surface area (Å²) >= 11 is 1.49. The number of aliphatic hydroxyl groups is 1. The van der Waals surface area contributed by atoms with Gasteiger partial charge in [-0.05, 0) is 26.2 Å². The summed E-state index contributed by atoms with van der Waals surface area (Å²) in [5, 5.41) is 14.2. The molecule has 0 spiro atoms. The van der Waals surface area contributed by atoms with Crippen molar-refractivity contribution >= 4 is 17.2 Å². The first kappa shape index (κ1) is 15.1. The Hall–Kier alpha value is -0.980. The van der Waals surface area contributed by atoms with Gasteiger partial charge in [-0.25, -0.2) is 4.98 Å². The van der Waals surface area contributed by atoms with Crippen molar-refractivity contribution in [2.75, 3.05) is 13.2 Å². The van der Waals surface area contributed by atoms with E-state index in [1.165, 1.54) is 11.3 Å². The van der Waals surface area contributed by atoms with Crippen LogP contribution in [0.15, 0.2) is 5.38 Å². The zero-order valence-corrected chi connectivity index (χ0v) is 11.5. The number of unbranched alkanes of at least 4 members (excludes halogenated alkanes) is 2. The van der Waals surface area contributed by atoms with Crippen LogP contribution in [0.3, 0.4) is 0 Å². The molecule has 0 aromatic carbocycles. The molecule has 4 N–H and O–H groups in total. The molecular formula is C12H21N3O2S. The number of amides is 1. The van der Waals surface area contributed by atoms with Gasteiger partial charge in [-0.3, -0.25) is 4.79 Å². The molecule has 1 aromatic rings. The lowest BCUT2D eigenvalue weighted by molar-refractivity contribution is -0.120.